The van der Waals surface area contributed by atoms with Gasteiger partial charge in [0.05, 0.1) is 11.2 Å². The number of nitrogens with zero attached hydrogens (tertiary/aromatic N) is 1. The minimum atomic E-state index is -0.452. The highest BCUT2D eigenvalue weighted by Gasteiger charge is 2.15. The van der Waals surface area contributed by atoms with Gasteiger partial charge in [0, 0.05) is 36.5 Å². The fraction of sp³-hybridized carbons (Fsp3) is 0.150. The van der Waals surface area contributed by atoms with Gasteiger partial charge in [-0.15, -0.1) is 0 Å². The molecule has 0 radical (unpaired) electrons. The fourth-order valence-electron chi connectivity index (χ4n) is 2.49. The molecule has 0 unspecified atom stereocenters. The molecule has 1 aromatic heterocycles. The first-order valence-corrected chi connectivity index (χ1v) is 8.64. The second-order valence-electron chi connectivity index (χ2n) is 5.86. The van der Waals surface area contributed by atoms with E-state index in [4.69, 9.17) is 9.15 Å². The summed E-state index contributed by atoms with van der Waals surface area (Å²) < 4.78 is 10.9. The largest absolute Gasteiger partial charge is 0.489 e. The van der Waals surface area contributed by atoms with Crippen LogP contribution in [0.25, 0.3) is 0 Å². The van der Waals surface area contributed by atoms with Gasteiger partial charge in [0.15, 0.2) is 5.76 Å². The molecule has 0 fully saturated rings. The number of hydrogen-bond donors (Lipinski definition) is 2. The number of non-ortho nitro benzene ring substituents is 1. The molecule has 0 aliphatic carbocycles. The average molecular weight is 381 g/mol. The van der Waals surface area contributed by atoms with Gasteiger partial charge in [-0.1, -0.05) is 18.2 Å². The number of anilines is 1. The van der Waals surface area contributed by atoms with E-state index in [1.165, 1.54) is 18.4 Å². The maximum Gasteiger partial charge on any atom is 0.287 e. The van der Waals surface area contributed by atoms with Crippen molar-refractivity contribution in [3.05, 3.63) is 88.4 Å². The summed E-state index contributed by atoms with van der Waals surface area (Å²) in [5, 5.41) is 16.5. The number of amides is 1. The molecule has 0 saturated heterocycles. The lowest BCUT2D eigenvalue weighted by Gasteiger charge is -2.08. The van der Waals surface area contributed by atoms with Gasteiger partial charge in [-0.25, -0.2) is 0 Å². The summed E-state index contributed by atoms with van der Waals surface area (Å²) in [5.41, 5.74) is 1.42. The molecule has 0 aliphatic heterocycles. The summed E-state index contributed by atoms with van der Waals surface area (Å²) in [5.74, 6) is 0.593. The molecule has 8 nitrogen and oxygen atoms in total. The molecule has 2 N–H and O–H groups in total. The van der Waals surface area contributed by atoms with Crippen LogP contribution in [0.4, 0.5) is 11.4 Å². The molecule has 1 amide bonds. The number of para-hydroxylation sites is 1. The highest BCUT2D eigenvalue weighted by Crippen LogP contribution is 2.16. The molecule has 1 heterocycles. The maximum atomic E-state index is 12.3. The lowest BCUT2D eigenvalue weighted by atomic mass is 10.2. The zero-order valence-corrected chi connectivity index (χ0v) is 15.0. The van der Waals surface area contributed by atoms with Crippen molar-refractivity contribution in [1.82, 2.24) is 5.32 Å². The van der Waals surface area contributed by atoms with Crippen LogP contribution in [-0.2, 0) is 6.61 Å². The number of ether oxygens (including phenoxy) is 1. The average Bonchev–Trinajstić information content (AvgIpc) is 3.19. The second kappa shape index (κ2) is 9.22. The van der Waals surface area contributed by atoms with Crippen LogP contribution >= 0.6 is 0 Å². The maximum absolute atomic E-state index is 12.3. The number of nitro groups is 1. The third-order valence-electron chi connectivity index (χ3n) is 3.91. The quantitative estimate of drug-likeness (QED) is 0.333. The lowest BCUT2D eigenvalue weighted by Crippen LogP contribution is -2.29. The van der Waals surface area contributed by atoms with Crippen LogP contribution in [0, 0.1) is 10.1 Å². The lowest BCUT2D eigenvalue weighted by molar-refractivity contribution is -0.384. The molecule has 3 rings (SSSR count). The highest BCUT2D eigenvalue weighted by atomic mass is 16.6. The van der Waals surface area contributed by atoms with E-state index in [1.807, 2.05) is 30.3 Å². The van der Waals surface area contributed by atoms with Crippen LogP contribution in [-0.4, -0.2) is 23.9 Å². The predicted molar refractivity (Wildman–Crippen MR) is 103 cm³/mol. The topological polar surface area (TPSA) is 107 Å². The van der Waals surface area contributed by atoms with Crippen molar-refractivity contribution in [2.75, 3.05) is 18.4 Å². The molecule has 0 aliphatic rings. The van der Waals surface area contributed by atoms with Crippen molar-refractivity contribution in [2.24, 2.45) is 0 Å². The SMILES string of the molecule is O=C(NCCNc1ccc([N+](=O)[O-])cc1)c1occc1COc1ccccc1. The van der Waals surface area contributed by atoms with Gasteiger partial charge in [-0.05, 0) is 30.3 Å². The summed E-state index contributed by atoms with van der Waals surface area (Å²) in [6, 6.07) is 17.1. The van der Waals surface area contributed by atoms with Crippen molar-refractivity contribution in [2.45, 2.75) is 6.61 Å². The fourth-order valence-corrected chi connectivity index (χ4v) is 2.49. The number of hydrogen-bond acceptors (Lipinski definition) is 6. The Labute approximate surface area is 161 Å². The van der Waals surface area contributed by atoms with E-state index in [2.05, 4.69) is 10.6 Å². The third kappa shape index (κ3) is 5.10. The van der Waals surface area contributed by atoms with E-state index >= 15 is 0 Å². The van der Waals surface area contributed by atoms with Crippen molar-refractivity contribution in [3.8, 4) is 5.75 Å². The monoisotopic (exact) mass is 381 g/mol. The molecular formula is C20H19N3O5. The third-order valence-corrected chi connectivity index (χ3v) is 3.91. The summed E-state index contributed by atoms with van der Waals surface area (Å²) in [7, 11) is 0. The molecule has 0 bridgehead atoms. The molecular weight excluding hydrogens is 362 g/mol. The Bertz CT molecular complexity index is 923. The van der Waals surface area contributed by atoms with Crippen molar-refractivity contribution in [3.63, 3.8) is 0 Å². The van der Waals surface area contributed by atoms with E-state index < -0.39 is 4.92 Å². The van der Waals surface area contributed by atoms with Gasteiger partial charge in [0.2, 0.25) is 0 Å². The van der Waals surface area contributed by atoms with Gasteiger partial charge in [0.25, 0.3) is 11.6 Å². The summed E-state index contributed by atoms with van der Waals surface area (Å²) >= 11 is 0. The number of benzene rings is 2. The Balaban J connectivity index is 1.45. The van der Waals surface area contributed by atoms with E-state index in [-0.39, 0.29) is 24.0 Å². The number of furan rings is 1. The molecule has 28 heavy (non-hydrogen) atoms. The van der Waals surface area contributed by atoms with Gasteiger partial charge >= 0.3 is 0 Å². The standard InChI is InChI=1S/C20H19N3O5/c24-20(22-12-11-21-16-6-8-17(9-7-16)23(25)26)19-15(10-13-27-19)14-28-18-4-2-1-3-5-18/h1-10,13,21H,11-12,14H2,(H,22,24). The normalized spacial score (nSPS) is 10.3. The summed E-state index contributed by atoms with van der Waals surface area (Å²) in [4.78, 5) is 22.5. The Morgan fingerprint density at radius 3 is 2.50 bits per heavy atom. The van der Waals surface area contributed by atoms with Crippen LogP contribution in [0.2, 0.25) is 0 Å². The number of carbonyl (C=O) groups is 1. The van der Waals surface area contributed by atoms with E-state index in [0.29, 0.717) is 24.4 Å². The Hall–Kier alpha value is -3.81. The van der Waals surface area contributed by atoms with Crippen LogP contribution in [0.5, 0.6) is 5.75 Å². The van der Waals surface area contributed by atoms with E-state index in [9.17, 15) is 14.9 Å². The zero-order chi connectivity index (χ0) is 19.8. The molecule has 8 heteroatoms. The van der Waals surface area contributed by atoms with E-state index in [1.54, 1.807) is 18.2 Å². The Morgan fingerprint density at radius 2 is 1.79 bits per heavy atom. The minimum Gasteiger partial charge on any atom is -0.489 e. The summed E-state index contributed by atoms with van der Waals surface area (Å²) in [6.07, 6.45) is 1.45. The van der Waals surface area contributed by atoms with Gasteiger partial charge in [-0.2, -0.15) is 0 Å². The highest BCUT2D eigenvalue weighted by molar-refractivity contribution is 5.92. The first-order valence-electron chi connectivity index (χ1n) is 8.64. The Kier molecular flexibility index (Phi) is 6.25. The van der Waals surface area contributed by atoms with Crippen molar-refractivity contribution >= 4 is 17.3 Å². The van der Waals surface area contributed by atoms with Crippen molar-refractivity contribution in [1.29, 1.82) is 0 Å². The first-order chi connectivity index (χ1) is 13.6. The predicted octanol–water partition coefficient (Wildman–Crippen LogP) is 3.61. The molecule has 2 aromatic carbocycles. The molecule has 0 spiro atoms. The van der Waals surface area contributed by atoms with Crippen LogP contribution in [0.15, 0.2) is 71.3 Å². The van der Waals surface area contributed by atoms with Gasteiger partial charge in [0.1, 0.15) is 12.4 Å². The van der Waals surface area contributed by atoms with Crippen LogP contribution < -0.4 is 15.4 Å². The Morgan fingerprint density at radius 1 is 1.04 bits per heavy atom. The molecule has 144 valence electrons. The number of rotatable bonds is 9. The molecule has 0 atom stereocenters. The summed E-state index contributed by atoms with van der Waals surface area (Å²) in [6.45, 7) is 1.04. The van der Waals surface area contributed by atoms with Crippen LogP contribution in [0.3, 0.4) is 0 Å². The number of carbonyl (C=O) groups excluding carboxylic acids is 1. The van der Waals surface area contributed by atoms with E-state index in [0.717, 1.165) is 5.69 Å². The van der Waals surface area contributed by atoms with Gasteiger partial charge in [-0.3, -0.25) is 14.9 Å². The second-order valence-corrected chi connectivity index (χ2v) is 5.86. The van der Waals surface area contributed by atoms with Gasteiger partial charge < -0.3 is 19.8 Å². The smallest absolute Gasteiger partial charge is 0.287 e. The first kappa shape index (κ1) is 19.0. The zero-order valence-electron chi connectivity index (χ0n) is 15.0. The number of nitrogens with one attached hydrogen (secondary N) is 2. The molecule has 3 aromatic rings. The molecule has 0 saturated carbocycles. The minimum absolute atomic E-state index is 0.0296. The number of nitro benzene ring substituents is 1. The van der Waals surface area contributed by atoms with Crippen molar-refractivity contribution < 1.29 is 18.9 Å². The van der Waals surface area contributed by atoms with Crippen LogP contribution in [0.1, 0.15) is 16.1 Å².